The fourth-order valence-corrected chi connectivity index (χ4v) is 2.36. The Morgan fingerprint density at radius 1 is 0.923 bits per heavy atom. The zero-order valence-electron chi connectivity index (χ0n) is 17.1. The van der Waals surface area contributed by atoms with E-state index in [9.17, 15) is 0 Å². The highest BCUT2D eigenvalue weighted by Crippen LogP contribution is 2.24. The summed E-state index contributed by atoms with van der Waals surface area (Å²) >= 11 is 0. The van der Waals surface area contributed by atoms with Gasteiger partial charge in [-0.15, -0.1) is 6.58 Å². The van der Waals surface area contributed by atoms with Crippen LogP contribution in [-0.2, 0) is 6.42 Å². The second-order valence-electron chi connectivity index (χ2n) is 5.38. The third-order valence-electron chi connectivity index (χ3n) is 3.61. The standard InChI is InChI=1S/C21H22.C3H6.C2H6/c1-4-7-10-18(6-3)19-12-14-20(15-13-19)21-11-8-9-17(5-2)16-21;1-3-2;1-2/h4,6-16H,1,5H2,2-3H3;3H,1H2,2H3;1-2H3/b10-7-,18-6+;;. The third-order valence-corrected chi connectivity index (χ3v) is 3.61. The number of hydrogen-bond donors (Lipinski definition) is 0. The molecule has 26 heavy (non-hydrogen) atoms. The predicted octanol–water partition coefficient (Wildman–Crippen LogP) is 8.28. The summed E-state index contributed by atoms with van der Waals surface area (Å²) in [6.45, 7) is 17.2. The topological polar surface area (TPSA) is 0 Å². The molecule has 0 N–H and O–H groups in total. The van der Waals surface area contributed by atoms with E-state index < -0.39 is 0 Å². The summed E-state index contributed by atoms with van der Waals surface area (Å²) in [5.74, 6) is 0. The van der Waals surface area contributed by atoms with Gasteiger partial charge in [-0.2, -0.15) is 0 Å². The van der Waals surface area contributed by atoms with Crippen LogP contribution in [0.1, 0.15) is 45.7 Å². The van der Waals surface area contributed by atoms with Gasteiger partial charge in [0.15, 0.2) is 0 Å². The van der Waals surface area contributed by atoms with Crippen molar-refractivity contribution in [1.29, 1.82) is 0 Å². The highest BCUT2D eigenvalue weighted by atomic mass is 14.1. The molecule has 0 atom stereocenters. The molecule has 0 fully saturated rings. The van der Waals surface area contributed by atoms with Crippen LogP contribution in [0.3, 0.4) is 0 Å². The Morgan fingerprint density at radius 3 is 2.04 bits per heavy atom. The van der Waals surface area contributed by atoms with E-state index in [0.29, 0.717) is 0 Å². The molecule has 2 aromatic rings. The Labute approximate surface area is 161 Å². The van der Waals surface area contributed by atoms with Crippen LogP contribution < -0.4 is 0 Å². The molecule has 0 bridgehead atoms. The van der Waals surface area contributed by atoms with E-state index in [1.54, 1.807) is 12.2 Å². The van der Waals surface area contributed by atoms with Gasteiger partial charge in [0, 0.05) is 0 Å². The Kier molecular flexibility index (Phi) is 13.2. The third kappa shape index (κ3) is 7.98. The molecule has 138 valence electrons. The Bertz CT molecular complexity index is 697. The van der Waals surface area contributed by atoms with Gasteiger partial charge in [-0.05, 0) is 48.1 Å². The van der Waals surface area contributed by atoms with E-state index in [2.05, 4.69) is 87.7 Å². The summed E-state index contributed by atoms with van der Waals surface area (Å²) in [5, 5.41) is 0. The van der Waals surface area contributed by atoms with Crippen LogP contribution in [0, 0.1) is 0 Å². The maximum atomic E-state index is 3.72. The lowest BCUT2D eigenvalue weighted by Gasteiger charge is -2.07. The summed E-state index contributed by atoms with van der Waals surface area (Å²) in [4.78, 5) is 0. The Morgan fingerprint density at radius 2 is 1.54 bits per heavy atom. The fourth-order valence-electron chi connectivity index (χ4n) is 2.36. The number of rotatable bonds is 5. The van der Waals surface area contributed by atoms with Gasteiger partial charge in [0.2, 0.25) is 0 Å². The van der Waals surface area contributed by atoms with Crippen molar-refractivity contribution < 1.29 is 0 Å². The largest absolute Gasteiger partial charge is 0.103 e. The van der Waals surface area contributed by atoms with Gasteiger partial charge < -0.3 is 0 Å². The van der Waals surface area contributed by atoms with Crippen molar-refractivity contribution in [3.05, 3.63) is 103 Å². The molecule has 0 nitrogen and oxygen atoms in total. The fraction of sp³-hybridized carbons (Fsp3) is 0.231. The zero-order valence-corrected chi connectivity index (χ0v) is 17.1. The van der Waals surface area contributed by atoms with Gasteiger partial charge in [-0.1, -0.05) is 106 Å². The first-order chi connectivity index (χ1) is 12.7. The van der Waals surface area contributed by atoms with Crippen LogP contribution in [0.15, 0.2) is 92.1 Å². The highest BCUT2D eigenvalue weighted by Gasteiger charge is 2.01. The number of hydrogen-bond acceptors (Lipinski definition) is 0. The summed E-state index contributed by atoms with van der Waals surface area (Å²) in [6.07, 6.45) is 10.8. The molecule has 0 aliphatic carbocycles. The first kappa shape index (κ1) is 23.4. The molecule has 0 saturated heterocycles. The number of aryl methyl sites for hydroxylation is 1. The highest BCUT2D eigenvalue weighted by molar-refractivity contribution is 5.76. The lowest BCUT2D eigenvalue weighted by molar-refractivity contribution is 1.14. The van der Waals surface area contributed by atoms with Crippen LogP contribution in [0.2, 0.25) is 0 Å². The van der Waals surface area contributed by atoms with Crippen molar-refractivity contribution in [2.45, 2.75) is 41.0 Å². The molecule has 2 aromatic carbocycles. The van der Waals surface area contributed by atoms with E-state index in [1.807, 2.05) is 26.8 Å². The van der Waals surface area contributed by atoms with Gasteiger partial charge in [0.1, 0.15) is 0 Å². The van der Waals surface area contributed by atoms with E-state index in [1.165, 1.54) is 27.8 Å². The van der Waals surface area contributed by atoms with Crippen LogP contribution in [0.25, 0.3) is 16.7 Å². The van der Waals surface area contributed by atoms with Crippen molar-refractivity contribution >= 4 is 5.57 Å². The van der Waals surface area contributed by atoms with E-state index in [0.717, 1.165) is 6.42 Å². The van der Waals surface area contributed by atoms with Gasteiger partial charge in [0.25, 0.3) is 0 Å². The van der Waals surface area contributed by atoms with Gasteiger partial charge in [-0.3, -0.25) is 0 Å². The van der Waals surface area contributed by atoms with Gasteiger partial charge in [-0.25, -0.2) is 0 Å². The molecule has 0 heterocycles. The van der Waals surface area contributed by atoms with Crippen molar-refractivity contribution in [3.63, 3.8) is 0 Å². The maximum Gasteiger partial charge on any atom is -0.0181 e. The summed E-state index contributed by atoms with van der Waals surface area (Å²) in [6, 6.07) is 17.5. The molecular weight excluding hydrogens is 312 g/mol. The second kappa shape index (κ2) is 14.7. The van der Waals surface area contributed by atoms with Crippen LogP contribution in [0.5, 0.6) is 0 Å². The molecule has 0 radical (unpaired) electrons. The Hall–Kier alpha value is -2.60. The van der Waals surface area contributed by atoms with Crippen molar-refractivity contribution in [2.24, 2.45) is 0 Å². The molecule has 0 saturated carbocycles. The lowest BCUT2D eigenvalue weighted by atomic mass is 9.98. The van der Waals surface area contributed by atoms with Crippen molar-refractivity contribution in [1.82, 2.24) is 0 Å². The molecule has 2 rings (SSSR count). The number of benzene rings is 2. The number of allylic oxidation sites excluding steroid dienone is 6. The minimum atomic E-state index is 1.07. The quantitative estimate of drug-likeness (QED) is 0.377. The lowest BCUT2D eigenvalue weighted by Crippen LogP contribution is -1.85. The smallest absolute Gasteiger partial charge is 0.0181 e. The van der Waals surface area contributed by atoms with Crippen molar-refractivity contribution in [2.75, 3.05) is 0 Å². The molecule has 0 aliphatic heterocycles. The van der Waals surface area contributed by atoms with Crippen LogP contribution >= 0.6 is 0 Å². The predicted molar refractivity (Wildman–Crippen MR) is 121 cm³/mol. The second-order valence-corrected chi connectivity index (χ2v) is 5.38. The first-order valence-electron chi connectivity index (χ1n) is 9.42. The van der Waals surface area contributed by atoms with E-state index in [-0.39, 0.29) is 0 Å². The van der Waals surface area contributed by atoms with Gasteiger partial charge in [0.05, 0.1) is 0 Å². The first-order valence-corrected chi connectivity index (χ1v) is 9.42. The maximum absolute atomic E-state index is 3.72. The molecule has 0 aliphatic rings. The van der Waals surface area contributed by atoms with Gasteiger partial charge >= 0.3 is 0 Å². The molecule has 0 amide bonds. The minimum Gasteiger partial charge on any atom is -0.103 e. The van der Waals surface area contributed by atoms with Crippen LogP contribution in [0.4, 0.5) is 0 Å². The minimum absolute atomic E-state index is 1.07. The van der Waals surface area contributed by atoms with Crippen molar-refractivity contribution in [3.8, 4) is 11.1 Å². The average Bonchev–Trinajstić information content (AvgIpc) is 2.71. The zero-order chi connectivity index (χ0) is 19.8. The molecule has 0 aromatic heterocycles. The molecule has 0 spiro atoms. The van der Waals surface area contributed by atoms with E-state index >= 15 is 0 Å². The average molecular weight is 347 g/mol. The molecule has 0 unspecified atom stereocenters. The van der Waals surface area contributed by atoms with Crippen LogP contribution in [-0.4, -0.2) is 0 Å². The Balaban J connectivity index is 0.00000113. The summed E-state index contributed by atoms with van der Waals surface area (Å²) in [7, 11) is 0. The van der Waals surface area contributed by atoms with E-state index in [4.69, 9.17) is 0 Å². The summed E-state index contributed by atoms with van der Waals surface area (Å²) < 4.78 is 0. The molecular formula is C26H34. The monoisotopic (exact) mass is 346 g/mol. The SMILES string of the molecule is C=C/C=C\C(=C/C)c1ccc(-c2cccc(CC)c2)cc1.C=CC.CC. The summed E-state index contributed by atoms with van der Waals surface area (Å²) in [5.41, 5.74) is 6.36. The molecule has 0 heteroatoms. The normalized spacial score (nSPS) is 10.3.